The van der Waals surface area contributed by atoms with Crippen molar-refractivity contribution in [1.29, 1.82) is 0 Å². The minimum Gasteiger partial charge on any atom is -0.452 e. The van der Waals surface area contributed by atoms with Gasteiger partial charge in [0.2, 0.25) is 17.3 Å². The number of ketones is 3. The number of carbonyl (C=O) groups excluding carboxylic acids is 5. The highest BCUT2D eigenvalue weighted by Gasteiger charge is 2.60. The summed E-state index contributed by atoms with van der Waals surface area (Å²) >= 11 is 0. The molecule has 4 N–H and O–H groups in total. The number of ether oxygens (including phenoxy) is 1. The number of aliphatic hydroxyl groups is 3. The molecule has 3 rings (SSSR count). The van der Waals surface area contributed by atoms with Gasteiger partial charge in [-0.3, -0.25) is 19.2 Å². The van der Waals surface area contributed by atoms with Crippen LogP contribution in [0.3, 0.4) is 0 Å². The molecule has 0 spiro atoms. The van der Waals surface area contributed by atoms with Crippen molar-refractivity contribution in [2.45, 2.75) is 30.0 Å². The maximum absolute atomic E-state index is 13.9. The van der Waals surface area contributed by atoms with Crippen molar-refractivity contribution in [3.05, 3.63) is 108 Å². The fraction of sp³-hybridized carbons (Fsp3) is 0.207. The Morgan fingerprint density at radius 2 is 1.21 bits per heavy atom. The molecular formula is C29H24F3NO9. The van der Waals surface area contributed by atoms with Crippen molar-refractivity contribution >= 4 is 29.2 Å². The molecule has 0 aromatic heterocycles. The van der Waals surface area contributed by atoms with Crippen LogP contribution in [0, 0.1) is 0 Å². The summed E-state index contributed by atoms with van der Waals surface area (Å²) in [5, 5.41) is 33.6. The van der Waals surface area contributed by atoms with Gasteiger partial charge >= 0.3 is 18.1 Å². The monoisotopic (exact) mass is 587 g/mol. The standard InChI is InChI=1S/C29H24F3NO9/c30-29(31,32)27(40)33-23(22(37)21(36)17-10-4-1-5-11-17)28(41,24(38)18-12-6-2-7-13-18)25(20(35)16-34)42-26(39)19-14-8-3-9-15-19/h1-15,20,23,25,34-35,41H,16H2,(H,33,40)/t20-,23+,25-,28+/m1/s1. The van der Waals surface area contributed by atoms with E-state index in [0.29, 0.717) is 0 Å². The van der Waals surface area contributed by atoms with Gasteiger partial charge in [-0.15, -0.1) is 0 Å². The average molecular weight is 588 g/mol. The molecule has 3 aromatic rings. The Bertz CT molecular complexity index is 1430. The number of alkyl halides is 3. The van der Waals surface area contributed by atoms with E-state index in [9.17, 15) is 52.5 Å². The molecule has 10 nitrogen and oxygen atoms in total. The zero-order valence-corrected chi connectivity index (χ0v) is 21.5. The molecule has 0 radical (unpaired) electrons. The third-order valence-electron chi connectivity index (χ3n) is 6.11. The summed E-state index contributed by atoms with van der Waals surface area (Å²) in [4.78, 5) is 65.6. The molecule has 0 aliphatic carbocycles. The first-order chi connectivity index (χ1) is 19.8. The summed E-state index contributed by atoms with van der Waals surface area (Å²) in [7, 11) is 0. The highest BCUT2D eigenvalue weighted by Crippen LogP contribution is 2.30. The zero-order chi connectivity index (χ0) is 31.1. The van der Waals surface area contributed by atoms with Crippen LogP contribution in [0.25, 0.3) is 0 Å². The van der Waals surface area contributed by atoms with Gasteiger partial charge in [-0.05, 0) is 12.1 Å². The normalized spacial score (nSPS) is 14.9. The Hall–Kier alpha value is -4.72. The summed E-state index contributed by atoms with van der Waals surface area (Å²) in [6.07, 6.45) is -10.8. The van der Waals surface area contributed by atoms with Crippen molar-refractivity contribution in [2.24, 2.45) is 0 Å². The largest absolute Gasteiger partial charge is 0.471 e. The molecule has 1 amide bonds. The van der Waals surface area contributed by atoms with Gasteiger partial charge < -0.3 is 25.4 Å². The molecule has 0 bridgehead atoms. The smallest absolute Gasteiger partial charge is 0.452 e. The van der Waals surface area contributed by atoms with Crippen LogP contribution in [0.2, 0.25) is 0 Å². The molecule has 0 saturated carbocycles. The molecule has 0 unspecified atom stereocenters. The number of carbonyl (C=O) groups is 5. The number of rotatable bonds is 12. The number of esters is 1. The summed E-state index contributed by atoms with van der Waals surface area (Å²) in [5.74, 6) is -9.25. The third-order valence-corrected chi connectivity index (χ3v) is 6.11. The maximum Gasteiger partial charge on any atom is 0.471 e. The van der Waals surface area contributed by atoms with Crippen molar-refractivity contribution in [2.75, 3.05) is 6.61 Å². The van der Waals surface area contributed by atoms with Crippen molar-refractivity contribution < 1.29 is 57.2 Å². The van der Waals surface area contributed by atoms with Gasteiger partial charge in [0.25, 0.3) is 0 Å². The first-order valence-electron chi connectivity index (χ1n) is 12.2. The Morgan fingerprint density at radius 1 is 0.762 bits per heavy atom. The highest BCUT2D eigenvalue weighted by atomic mass is 19.4. The number of amides is 1. The Kier molecular flexibility index (Phi) is 10.1. The molecular weight excluding hydrogens is 563 g/mol. The minimum atomic E-state index is -5.68. The van der Waals surface area contributed by atoms with Gasteiger partial charge in [0.05, 0.1) is 12.2 Å². The average Bonchev–Trinajstić information content (AvgIpc) is 3.01. The van der Waals surface area contributed by atoms with Crippen molar-refractivity contribution in [3.63, 3.8) is 0 Å². The van der Waals surface area contributed by atoms with Gasteiger partial charge in [-0.25, -0.2) is 4.79 Å². The van der Waals surface area contributed by atoms with Crippen LogP contribution in [0.5, 0.6) is 0 Å². The first-order valence-corrected chi connectivity index (χ1v) is 12.2. The number of Topliss-reactive ketones (excluding diaryl/α,β-unsaturated/α-hetero) is 3. The molecule has 3 aromatic carbocycles. The second-order valence-electron chi connectivity index (χ2n) is 8.93. The second kappa shape index (κ2) is 13.3. The number of hydrogen-bond acceptors (Lipinski definition) is 9. The summed E-state index contributed by atoms with van der Waals surface area (Å²) in [6, 6.07) is 16.1. The first kappa shape index (κ1) is 31.8. The van der Waals surface area contributed by atoms with Gasteiger partial charge in [0, 0.05) is 11.1 Å². The van der Waals surface area contributed by atoms with E-state index in [2.05, 4.69) is 0 Å². The lowest BCUT2D eigenvalue weighted by Gasteiger charge is -2.41. The van der Waals surface area contributed by atoms with Crippen molar-refractivity contribution in [1.82, 2.24) is 5.32 Å². The molecule has 0 aliphatic heterocycles. The van der Waals surface area contributed by atoms with Gasteiger partial charge in [0.1, 0.15) is 12.1 Å². The highest BCUT2D eigenvalue weighted by molar-refractivity contribution is 6.46. The number of hydrogen-bond donors (Lipinski definition) is 4. The fourth-order valence-electron chi connectivity index (χ4n) is 4.01. The third kappa shape index (κ3) is 6.94. The number of benzene rings is 3. The molecule has 0 heterocycles. The zero-order valence-electron chi connectivity index (χ0n) is 21.5. The van der Waals surface area contributed by atoms with Crippen LogP contribution >= 0.6 is 0 Å². The molecule has 4 atom stereocenters. The van der Waals surface area contributed by atoms with Crippen LogP contribution in [-0.2, 0) is 14.3 Å². The van der Waals surface area contributed by atoms with Gasteiger partial charge in [0.15, 0.2) is 11.7 Å². The lowest BCUT2D eigenvalue weighted by Crippen LogP contribution is -2.71. The lowest BCUT2D eigenvalue weighted by molar-refractivity contribution is -0.179. The number of halogens is 3. The predicted molar refractivity (Wildman–Crippen MR) is 138 cm³/mol. The number of nitrogens with one attached hydrogen (secondary N) is 1. The van der Waals surface area contributed by atoms with Crippen LogP contribution in [0.15, 0.2) is 91.0 Å². The summed E-state index contributed by atoms with van der Waals surface area (Å²) < 4.78 is 45.4. The van der Waals surface area contributed by atoms with E-state index in [4.69, 9.17) is 4.74 Å². The number of aliphatic hydroxyl groups excluding tert-OH is 2. The van der Waals surface area contributed by atoms with E-state index in [1.54, 1.807) is 0 Å². The van der Waals surface area contributed by atoms with Crippen LogP contribution in [0.4, 0.5) is 13.2 Å². The maximum atomic E-state index is 13.9. The molecule has 13 heteroatoms. The van der Waals surface area contributed by atoms with Gasteiger partial charge in [-0.2, -0.15) is 13.2 Å². The summed E-state index contributed by atoms with van der Waals surface area (Å²) in [5.41, 5.74) is -4.86. The van der Waals surface area contributed by atoms with Crippen LogP contribution < -0.4 is 5.32 Å². The van der Waals surface area contributed by atoms with Gasteiger partial charge in [-0.1, -0.05) is 78.9 Å². The van der Waals surface area contributed by atoms with E-state index < -0.39 is 71.4 Å². The minimum absolute atomic E-state index is 0.218. The topological polar surface area (TPSA) is 167 Å². The quantitative estimate of drug-likeness (QED) is 0.140. The molecule has 0 fully saturated rings. The Labute approximate surface area is 236 Å². The molecule has 42 heavy (non-hydrogen) atoms. The van der Waals surface area contributed by atoms with Crippen LogP contribution in [0.1, 0.15) is 31.1 Å². The molecule has 0 saturated heterocycles. The molecule has 0 aliphatic rings. The predicted octanol–water partition coefficient (Wildman–Crippen LogP) is 1.68. The lowest BCUT2D eigenvalue weighted by atomic mass is 9.76. The fourth-order valence-corrected chi connectivity index (χ4v) is 4.01. The second-order valence-corrected chi connectivity index (χ2v) is 8.93. The van der Waals surface area contributed by atoms with E-state index in [-0.39, 0.29) is 11.1 Å². The SMILES string of the molecule is O=C(O[C@H]([C@H](O)CO)[C@@](O)(C(=O)c1ccccc1)[C@@H](NC(=O)C(F)(F)F)C(=O)C(=O)c1ccccc1)c1ccccc1. The molecule has 220 valence electrons. The van der Waals surface area contributed by atoms with E-state index >= 15 is 0 Å². The van der Waals surface area contributed by atoms with E-state index in [1.807, 2.05) is 0 Å². The van der Waals surface area contributed by atoms with Crippen molar-refractivity contribution in [3.8, 4) is 0 Å². The van der Waals surface area contributed by atoms with E-state index in [1.165, 1.54) is 72.0 Å². The van der Waals surface area contributed by atoms with E-state index in [0.717, 1.165) is 24.3 Å². The summed E-state index contributed by atoms with van der Waals surface area (Å²) in [6.45, 7) is -1.35. The Morgan fingerprint density at radius 3 is 1.67 bits per heavy atom. The Balaban J connectivity index is 2.28. The van der Waals surface area contributed by atoms with Crippen LogP contribution in [-0.4, -0.2) is 81.2 Å².